The number of pyridine rings is 1. The van der Waals surface area contributed by atoms with Crippen molar-refractivity contribution in [1.29, 1.82) is 0 Å². The molecule has 0 spiro atoms. The molecule has 2 N–H and O–H groups in total. The normalized spacial score (nSPS) is 11.8. The third kappa shape index (κ3) is 3.18. The van der Waals surface area contributed by atoms with Crippen molar-refractivity contribution in [2.45, 2.75) is 6.54 Å². The van der Waals surface area contributed by atoms with Gasteiger partial charge in [-0.1, -0.05) is 72.8 Å². The van der Waals surface area contributed by atoms with Crippen molar-refractivity contribution in [1.82, 2.24) is 0 Å². The quantitative estimate of drug-likeness (QED) is 0.323. The highest BCUT2D eigenvalue weighted by atomic mass is 15.0. The average Bonchev–Trinajstić information content (AvgIpc) is 2.78. The van der Waals surface area contributed by atoms with Crippen LogP contribution in [0, 0.1) is 0 Å². The second-order valence-corrected chi connectivity index (χ2v) is 7.34. The monoisotopic (exact) mass is 375 g/mol. The van der Waals surface area contributed by atoms with Gasteiger partial charge in [0.05, 0.1) is 11.9 Å². The van der Waals surface area contributed by atoms with Crippen LogP contribution in [-0.2, 0) is 6.54 Å². The van der Waals surface area contributed by atoms with Gasteiger partial charge in [0.1, 0.15) is 0 Å². The summed E-state index contributed by atoms with van der Waals surface area (Å²) in [6.07, 6.45) is 6.64. The van der Waals surface area contributed by atoms with E-state index in [0.29, 0.717) is 6.54 Å². The van der Waals surface area contributed by atoms with Crippen LogP contribution in [-0.4, -0.2) is 6.54 Å². The molecule has 5 rings (SSSR count). The number of fused-ring (bicyclic) bond motifs is 3. The first-order chi connectivity index (χ1) is 14.3. The molecule has 0 fully saturated rings. The third-order valence-electron chi connectivity index (χ3n) is 5.57. The van der Waals surface area contributed by atoms with Crippen molar-refractivity contribution in [3.8, 4) is 0 Å². The number of nitrogens with two attached hydrogens (primary N) is 1. The number of hydrogen-bond acceptors (Lipinski definition) is 1. The maximum atomic E-state index is 5.80. The summed E-state index contributed by atoms with van der Waals surface area (Å²) >= 11 is 0. The molecule has 0 aliphatic rings. The highest BCUT2D eigenvalue weighted by molar-refractivity contribution is 6.08. The maximum Gasteiger partial charge on any atom is 0.213 e. The van der Waals surface area contributed by atoms with Crippen LogP contribution in [0.1, 0.15) is 11.1 Å². The minimum absolute atomic E-state index is 0.631. The summed E-state index contributed by atoms with van der Waals surface area (Å²) in [4.78, 5) is 0. The van der Waals surface area contributed by atoms with Gasteiger partial charge in [-0.25, -0.2) is 0 Å². The van der Waals surface area contributed by atoms with Gasteiger partial charge in [-0.2, -0.15) is 4.57 Å². The topological polar surface area (TPSA) is 29.9 Å². The second kappa shape index (κ2) is 7.50. The Balaban J connectivity index is 1.71. The summed E-state index contributed by atoms with van der Waals surface area (Å²) in [6, 6.07) is 30.2. The van der Waals surface area contributed by atoms with E-state index < -0.39 is 0 Å². The molecule has 4 aromatic carbocycles. The molecular formula is C27H23N2+. The fourth-order valence-corrected chi connectivity index (χ4v) is 4.19. The highest BCUT2D eigenvalue weighted by Gasteiger charge is 2.10. The molecule has 0 atom stereocenters. The number of rotatable bonds is 4. The smallest absolute Gasteiger partial charge is 0.213 e. The summed E-state index contributed by atoms with van der Waals surface area (Å²) < 4.78 is 2.22. The molecule has 0 bridgehead atoms. The average molecular weight is 375 g/mol. The number of nitrogens with zero attached hydrogens (tertiary/aromatic N) is 1. The van der Waals surface area contributed by atoms with Crippen LogP contribution in [0.2, 0.25) is 0 Å². The van der Waals surface area contributed by atoms with E-state index in [2.05, 4.69) is 108 Å². The number of para-hydroxylation sites is 1. The van der Waals surface area contributed by atoms with Gasteiger partial charge in [0.15, 0.2) is 12.7 Å². The summed E-state index contributed by atoms with van der Waals surface area (Å²) in [6.45, 7) is 1.45. The van der Waals surface area contributed by atoms with Gasteiger partial charge in [-0.3, -0.25) is 0 Å². The molecule has 0 aliphatic carbocycles. The first-order valence-corrected chi connectivity index (χ1v) is 10.0. The van der Waals surface area contributed by atoms with E-state index in [1.165, 1.54) is 43.6 Å². The Kier molecular flexibility index (Phi) is 4.55. The molecule has 0 radical (unpaired) electrons. The molecule has 0 aliphatic heterocycles. The zero-order valence-electron chi connectivity index (χ0n) is 16.3. The molecule has 140 valence electrons. The lowest BCUT2D eigenvalue weighted by molar-refractivity contribution is -0.668. The lowest BCUT2D eigenvalue weighted by Crippen LogP contribution is -2.37. The standard InChI is InChI=1S/C27H23N2/c28-16-18-29-17-15-20(25-11-5-6-12-27(25)29)13-14-26-23-9-3-1-7-21(23)19-22-8-2-4-10-24(22)26/h1-15,17,19H,16,18,28H2/q+1/b14-13+. The van der Waals surface area contributed by atoms with Gasteiger partial charge < -0.3 is 5.73 Å². The molecule has 29 heavy (non-hydrogen) atoms. The van der Waals surface area contributed by atoms with Gasteiger partial charge in [0, 0.05) is 12.1 Å². The molecule has 0 amide bonds. The Bertz CT molecular complexity index is 1310. The molecule has 0 saturated heterocycles. The molecule has 1 heterocycles. The van der Waals surface area contributed by atoms with E-state index in [4.69, 9.17) is 5.73 Å². The van der Waals surface area contributed by atoms with Crippen LogP contribution < -0.4 is 10.3 Å². The predicted octanol–water partition coefficient (Wildman–Crippen LogP) is 5.56. The molecule has 0 saturated carbocycles. The summed E-state index contributed by atoms with van der Waals surface area (Å²) in [7, 11) is 0. The van der Waals surface area contributed by atoms with Crippen LogP contribution in [0.4, 0.5) is 0 Å². The Hall–Kier alpha value is -3.49. The second-order valence-electron chi connectivity index (χ2n) is 7.34. The zero-order valence-corrected chi connectivity index (χ0v) is 16.3. The van der Waals surface area contributed by atoms with Crippen molar-refractivity contribution in [2.24, 2.45) is 5.73 Å². The van der Waals surface area contributed by atoms with E-state index in [1.807, 2.05) is 0 Å². The fraction of sp³-hybridized carbons (Fsp3) is 0.0741. The largest absolute Gasteiger partial charge is 0.325 e. The van der Waals surface area contributed by atoms with E-state index >= 15 is 0 Å². The van der Waals surface area contributed by atoms with Crippen LogP contribution in [0.3, 0.4) is 0 Å². The molecular weight excluding hydrogens is 352 g/mol. The van der Waals surface area contributed by atoms with Crippen LogP contribution in [0.5, 0.6) is 0 Å². The molecule has 2 heteroatoms. The van der Waals surface area contributed by atoms with Crippen molar-refractivity contribution in [3.63, 3.8) is 0 Å². The first-order valence-electron chi connectivity index (χ1n) is 10.0. The van der Waals surface area contributed by atoms with Crippen molar-refractivity contribution in [3.05, 3.63) is 102 Å². The molecule has 2 nitrogen and oxygen atoms in total. The Morgan fingerprint density at radius 3 is 2.00 bits per heavy atom. The molecule has 5 aromatic rings. The first kappa shape index (κ1) is 17.6. The Morgan fingerprint density at radius 1 is 0.690 bits per heavy atom. The van der Waals surface area contributed by atoms with Crippen molar-refractivity contribution in [2.75, 3.05) is 6.54 Å². The van der Waals surface area contributed by atoms with Crippen LogP contribution in [0.15, 0.2) is 91.1 Å². The number of hydrogen-bond donors (Lipinski definition) is 1. The zero-order chi connectivity index (χ0) is 19.6. The van der Waals surface area contributed by atoms with Crippen LogP contribution in [0.25, 0.3) is 44.6 Å². The van der Waals surface area contributed by atoms with Crippen molar-refractivity contribution >= 4 is 44.6 Å². The van der Waals surface area contributed by atoms with E-state index in [9.17, 15) is 0 Å². The summed E-state index contributed by atoms with van der Waals surface area (Å²) in [5.41, 5.74) is 9.49. The summed E-state index contributed by atoms with van der Waals surface area (Å²) in [5.74, 6) is 0. The van der Waals surface area contributed by atoms with Gasteiger partial charge in [0.2, 0.25) is 5.52 Å². The fourth-order valence-electron chi connectivity index (χ4n) is 4.19. The maximum absolute atomic E-state index is 5.80. The van der Waals surface area contributed by atoms with Gasteiger partial charge in [-0.15, -0.1) is 0 Å². The van der Waals surface area contributed by atoms with E-state index in [1.54, 1.807) is 0 Å². The minimum atomic E-state index is 0.631. The van der Waals surface area contributed by atoms with Gasteiger partial charge in [-0.05, 0) is 44.8 Å². The number of aromatic nitrogens is 1. The minimum Gasteiger partial charge on any atom is -0.325 e. The van der Waals surface area contributed by atoms with Crippen molar-refractivity contribution < 1.29 is 4.57 Å². The summed E-state index contributed by atoms with van der Waals surface area (Å²) in [5, 5.41) is 6.33. The highest BCUT2D eigenvalue weighted by Crippen LogP contribution is 2.30. The Morgan fingerprint density at radius 2 is 1.31 bits per heavy atom. The lowest BCUT2D eigenvalue weighted by Gasteiger charge is -2.09. The molecule has 0 unspecified atom stereocenters. The predicted molar refractivity (Wildman–Crippen MR) is 124 cm³/mol. The lowest BCUT2D eigenvalue weighted by atomic mass is 9.96. The molecule has 1 aromatic heterocycles. The Labute approximate surface area is 170 Å². The van der Waals surface area contributed by atoms with Gasteiger partial charge >= 0.3 is 0 Å². The van der Waals surface area contributed by atoms with Crippen LogP contribution >= 0.6 is 0 Å². The van der Waals surface area contributed by atoms with Gasteiger partial charge in [0.25, 0.3) is 0 Å². The van der Waals surface area contributed by atoms with E-state index in [0.717, 1.165) is 6.54 Å². The number of benzene rings is 4. The SMILES string of the molecule is NCC[n+]1ccc(/C=C/c2c3ccccc3cc3ccccc23)c2ccccc21. The third-order valence-corrected chi connectivity index (χ3v) is 5.57. The van der Waals surface area contributed by atoms with E-state index in [-0.39, 0.29) is 0 Å².